The van der Waals surface area contributed by atoms with Crippen LogP contribution in [-0.4, -0.2) is 47.9 Å². The van der Waals surface area contributed by atoms with Crippen LogP contribution in [0.25, 0.3) is 0 Å². The van der Waals surface area contributed by atoms with E-state index in [9.17, 15) is 4.79 Å². The third-order valence-corrected chi connectivity index (χ3v) is 3.95. The number of allylic oxidation sites excluding steroid dienone is 1. The molecule has 0 spiro atoms. The zero-order valence-corrected chi connectivity index (χ0v) is 15.1. The van der Waals surface area contributed by atoms with Gasteiger partial charge in [-0.2, -0.15) is 0 Å². The Hall–Kier alpha value is -1.03. The van der Waals surface area contributed by atoms with Crippen LogP contribution in [-0.2, 0) is 4.79 Å². The second-order valence-electron chi connectivity index (χ2n) is 7.85. The molecule has 1 amide bonds. The average molecular weight is 297 g/mol. The van der Waals surface area contributed by atoms with Gasteiger partial charge in [0.05, 0.1) is 0 Å². The van der Waals surface area contributed by atoms with Crippen LogP contribution in [0.4, 0.5) is 0 Å². The molecule has 0 aliphatic rings. The Balaban J connectivity index is 4.66. The minimum absolute atomic E-state index is 0.0347. The lowest BCUT2D eigenvalue weighted by Crippen LogP contribution is -2.44. The van der Waals surface area contributed by atoms with Crippen molar-refractivity contribution in [3.8, 4) is 0 Å². The number of rotatable bonds is 8. The van der Waals surface area contributed by atoms with Gasteiger partial charge in [-0.05, 0) is 34.2 Å². The zero-order valence-electron chi connectivity index (χ0n) is 15.1. The van der Waals surface area contributed by atoms with Gasteiger partial charge in [0, 0.05) is 42.7 Å². The van der Waals surface area contributed by atoms with E-state index in [-0.39, 0.29) is 16.9 Å². The second-order valence-corrected chi connectivity index (χ2v) is 7.85. The molecule has 0 rings (SSSR count). The molecule has 0 radical (unpaired) electrons. The maximum atomic E-state index is 10.9. The van der Waals surface area contributed by atoms with Gasteiger partial charge in [-0.1, -0.05) is 27.4 Å². The van der Waals surface area contributed by atoms with E-state index in [0.717, 1.165) is 31.8 Å². The van der Waals surface area contributed by atoms with Crippen molar-refractivity contribution in [2.45, 2.75) is 59.9 Å². The van der Waals surface area contributed by atoms with Gasteiger partial charge >= 0.3 is 0 Å². The van der Waals surface area contributed by atoms with Crippen molar-refractivity contribution >= 4 is 5.91 Å². The molecule has 2 N–H and O–H groups in total. The van der Waals surface area contributed by atoms with E-state index in [1.165, 1.54) is 0 Å². The molecule has 0 saturated carbocycles. The van der Waals surface area contributed by atoms with E-state index in [1.54, 1.807) is 0 Å². The number of nitrogens with zero attached hydrogens (tertiary/aromatic N) is 2. The van der Waals surface area contributed by atoms with Crippen molar-refractivity contribution in [3.63, 3.8) is 0 Å². The SMILES string of the molecule is C=C(N(CCCC(N)=O)CCN(C)C(C)(C)C)C(C)(C)C. The quantitative estimate of drug-likeness (QED) is 0.749. The van der Waals surface area contributed by atoms with Crippen LogP contribution in [0.3, 0.4) is 0 Å². The molecule has 4 heteroatoms. The molecule has 0 aromatic heterocycles. The lowest BCUT2D eigenvalue weighted by Gasteiger charge is -2.38. The summed E-state index contributed by atoms with van der Waals surface area (Å²) in [6.07, 6.45) is 1.21. The highest BCUT2D eigenvalue weighted by molar-refractivity contribution is 5.73. The standard InChI is InChI=1S/C17H35N3O/c1-14(16(2,3)4)20(11-9-10-15(18)21)13-12-19(8)17(5,6)7/h1,9-13H2,2-8H3,(H2,18,21). The number of primary amides is 1. The fraction of sp³-hybridized carbons (Fsp3) is 0.824. The molecule has 0 saturated heterocycles. The minimum Gasteiger partial charge on any atom is -0.374 e. The Kier molecular flexibility index (Phi) is 7.45. The van der Waals surface area contributed by atoms with Gasteiger partial charge in [0.25, 0.3) is 0 Å². The van der Waals surface area contributed by atoms with Crippen LogP contribution in [0.15, 0.2) is 12.3 Å². The number of amides is 1. The van der Waals surface area contributed by atoms with Crippen LogP contribution in [0, 0.1) is 5.41 Å². The lowest BCUT2D eigenvalue weighted by molar-refractivity contribution is -0.118. The second kappa shape index (κ2) is 7.83. The Bertz CT molecular complexity index is 350. The summed E-state index contributed by atoms with van der Waals surface area (Å²) >= 11 is 0. The highest BCUT2D eigenvalue weighted by Gasteiger charge is 2.23. The molecule has 124 valence electrons. The number of hydrogen-bond donors (Lipinski definition) is 1. The summed E-state index contributed by atoms with van der Waals surface area (Å²) in [6.45, 7) is 20.1. The van der Waals surface area contributed by atoms with Crippen molar-refractivity contribution in [2.24, 2.45) is 11.1 Å². The predicted molar refractivity (Wildman–Crippen MR) is 91.0 cm³/mol. The maximum Gasteiger partial charge on any atom is 0.217 e. The van der Waals surface area contributed by atoms with Crippen LogP contribution in [0.5, 0.6) is 0 Å². The van der Waals surface area contributed by atoms with Crippen molar-refractivity contribution in [1.82, 2.24) is 9.80 Å². The molecule has 0 aliphatic heterocycles. The third-order valence-electron chi connectivity index (χ3n) is 3.95. The molecular formula is C17H35N3O. The first-order valence-electron chi connectivity index (χ1n) is 7.79. The molecule has 0 bridgehead atoms. The molecule has 21 heavy (non-hydrogen) atoms. The highest BCUT2D eigenvalue weighted by Crippen LogP contribution is 2.27. The van der Waals surface area contributed by atoms with Gasteiger partial charge in [0.15, 0.2) is 0 Å². The van der Waals surface area contributed by atoms with Crippen LogP contribution in [0.2, 0.25) is 0 Å². The molecular weight excluding hydrogens is 262 g/mol. The van der Waals surface area contributed by atoms with Crippen molar-refractivity contribution in [2.75, 3.05) is 26.7 Å². The van der Waals surface area contributed by atoms with E-state index >= 15 is 0 Å². The molecule has 0 aromatic carbocycles. The number of carbonyl (C=O) groups is 1. The molecule has 0 fully saturated rings. The van der Waals surface area contributed by atoms with E-state index in [1.807, 2.05) is 0 Å². The maximum absolute atomic E-state index is 10.9. The van der Waals surface area contributed by atoms with Crippen molar-refractivity contribution in [1.29, 1.82) is 0 Å². The summed E-state index contributed by atoms with van der Waals surface area (Å²) in [4.78, 5) is 15.6. The summed E-state index contributed by atoms with van der Waals surface area (Å²) in [7, 11) is 2.14. The Morgan fingerprint density at radius 2 is 1.57 bits per heavy atom. The number of nitrogens with two attached hydrogens (primary N) is 1. The van der Waals surface area contributed by atoms with Crippen LogP contribution < -0.4 is 5.73 Å². The largest absolute Gasteiger partial charge is 0.374 e. The zero-order chi connectivity index (χ0) is 16.8. The first-order valence-corrected chi connectivity index (χ1v) is 7.79. The van der Waals surface area contributed by atoms with Crippen LogP contribution in [0.1, 0.15) is 54.4 Å². The third kappa shape index (κ3) is 8.10. The van der Waals surface area contributed by atoms with Crippen molar-refractivity contribution < 1.29 is 4.79 Å². The van der Waals surface area contributed by atoms with Gasteiger partial charge in [-0.25, -0.2) is 0 Å². The first-order chi connectivity index (χ1) is 9.35. The van der Waals surface area contributed by atoms with Gasteiger partial charge in [-0.15, -0.1) is 0 Å². The molecule has 0 heterocycles. The average Bonchev–Trinajstić information content (AvgIpc) is 2.29. The molecule has 0 unspecified atom stereocenters. The Morgan fingerprint density at radius 1 is 1.05 bits per heavy atom. The summed E-state index contributed by atoms with van der Waals surface area (Å²) in [5.41, 5.74) is 6.54. The number of likely N-dealkylation sites (N-methyl/N-ethyl adjacent to an activating group) is 1. The lowest BCUT2D eigenvalue weighted by atomic mass is 9.91. The first kappa shape index (κ1) is 20.0. The molecule has 0 aliphatic carbocycles. The van der Waals surface area contributed by atoms with Gasteiger partial charge < -0.3 is 10.6 Å². The summed E-state index contributed by atoms with van der Waals surface area (Å²) < 4.78 is 0. The monoisotopic (exact) mass is 297 g/mol. The van der Waals surface area contributed by atoms with Crippen molar-refractivity contribution in [3.05, 3.63) is 12.3 Å². The smallest absolute Gasteiger partial charge is 0.217 e. The fourth-order valence-electron chi connectivity index (χ4n) is 1.91. The van der Waals surface area contributed by atoms with Gasteiger partial charge in [0.1, 0.15) is 0 Å². The summed E-state index contributed by atoms with van der Waals surface area (Å²) in [6, 6.07) is 0. The Labute approximate surface area is 131 Å². The predicted octanol–water partition coefficient (Wildman–Crippen LogP) is 2.84. The molecule has 0 atom stereocenters. The summed E-state index contributed by atoms with van der Waals surface area (Å²) in [5, 5.41) is 0. The highest BCUT2D eigenvalue weighted by atomic mass is 16.1. The van der Waals surface area contributed by atoms with Gasteiger partial charge in [0.2, 0.25) is 5.91 Å². The molecule has 4 nitrogen and oxygen atoms in total. The topological polar surface area (TPSA) is 49.6 Å². The Morgan fingerprint density at radius 3 is 1.95 bits per heavy atom. The normalized spacial score (nSPS) is 12.6. The molecule has 0 aromatic rings. The van der Waals surface area contributed by atoms with E-state index in [0.29, 0.717) is 6.42 Å². The number of carbonyl (C=O) groups excluding carboxylic acids is 1. The van der Waals surface area contributed by atoms with E-state index in [4.69, 9.17) is 5.73 Å². The minimum atomic E-state index is -0.233. The van der Waals surface area contributed by atoms with Gasteiger partial charge in [-0.3, -0.25) is 9.69 Å². The van der Waals surface area contributed by atoms with E-state index in [2.05, 4.69) is 65.0 Å². The number of hydrogen-bond acceptors (Lipinski definition) is 3. The van der Waals surface area contributed by atoms with E-state index < -0.39 is 0 Å². The fourth-order valence-corrected chi connectivity index (χ4v) is 1.91. The van der Waals surface area contributed by atoms with Crippen LogP contribution >= 0.6 is 0 Å². The summed E-state index contributed by atoms with van der Waals surface area (Å²) in [5.74, 6) is -0.233.